The second-order valence-corrected chi connectivity index (χ2v) is 9.17. The Morgan fingerprint density at radius 3 is 1.95 bits per heavy atom. The van der Waals surface area contributed by atoms with Crippen LogP contribution in [0.3, 0.4) is 0 Å². The quantitative estimate of drug-likeness (QED) is 0.288. The number of carbonyl (C=O) groups is 2. The van der Waals surface area contributed by atoms with Gasteiger partial charge in [-0.15, -0.1) is 0 Å². The van der Waals surface area contributed by atoms with Crippen LogP contribution in [-0.2, 0) is 15.8 Å². The van der Waals surface area contributed by atoms with Crippen molar-refractivity contribution in [2.24, 2.45) is 10.7 Å². The molecule has 0 atom stereocenters. The third-order valence-corrected chi connectivity index (χ3v) is 5.47. The first-order valence-electron chi connectivity index (χ1n) is 13.3. The molecule has 0 aromatic heterocycles. The Kier molecular flexibility index (Phi) is 19.6. The molecule has 0 unspecified atom stereocenters. The number of alkyl halides is 3. The fraction of sp³-hybridized carbons (Fsp3) is 0.567. The first-order valence-corrected chi connectivity index (χ1v) is 13.3. The minimum absolute atomic E-state index is 0.167. The number of aliphatic imine (C=N–C) groups is 1. The maximum atomic E-state index is 12.7. The Balaban J connectivity index is 0. The third-order valence-electron chi connectivity index (χ3n) is 5.47. The summed E-state index contributed by atoms with van der Waals surface area (Å²) in [4.78, 5) is 26.4. The molecule has 0 saturated carbocycles. The molecule has 1 aliphatic rings. The van der Waals surface area contributed by atoms with E-state index in [0.29, 0.717) is 35.4 Å². The number of hydrogen-bond acceptors (Lipinski definition) is 6. The Morgan fingerprint density at radius 1 is 1.05 bits per heavy atom. The molecule has 1 heterocycles. The zero-order valence-corrected chi connectivity index (χ0v) is 25.1. The number of phenols is 1. The highest BCUT2D eigenvalue weighted by molar-refractivity contribution is 6.14. The number of nitrogens with two attached hydrogens (primary N) is 1. The van der Waals surface area contributed by atoms with Gasteiger partial charge in [-0.1, -0.05) is 32.8 Å². The molecule has 1 saturated heterocycles. The first-order chi connectivity index (χ1) is 18.1. The summed E-state index contributed by atoms with van der Waals surface area (Å²) in [6.45, 7) is 17.3. The van der Waals surface area contributed by atoms with Gasteiger partial charge in [-0.05, 0) is 96.8 Å². The lowest BCUT2D eigenvalue weighted by molar-refractivity contribution is -0.137. The number of benzene rings is 1. The molecule has 1 aliphatic heterocycles. The van der Waals surface area contributed by atoms with Gasteiger partial charge in [-0.25, -0.2) is 0 Å². The largest absolute Gasteiger partial charge is 0.507 e. The minimum Gasteiger partial charge on any atom is -0.507 e. The maximum Gasteiger partial charge on any atom is 0.416 e. The standard InChI is InChI=1S/C17H21F3N2O.C8H15NO.C3H6O.C2H6/c1-5-10(2)14(21)8-11(3)16(22-4)13-7-6-12(9-15(13)23)17(18,19)20;1-8(10)7-9-5-3-2-4-6-9;1-3(2)4;1-2/h6-9,23H,5,21H2,1-4H3;2-7H2,1H3;1-2H3;1-2H3/b11-8-,14-10-,22-16?;;;. The summed E-state index contributed by atoms with van der Waals surface area (Å²) < 4.78 is 38.0. The number of carbonyl (C=O) groups excluding carboxylic acids is 2. The van der Waals surface area contributed by atoms with Crippen molar-refractivity contribution < 1.29 is 27.9 Å². The second-order valence-electron chi connectivity index (χ2n) is 9.17. The van der Waals surface area contributed by atoms with Crippen molar-refractivity contribution >= 4 is 17.3 Å². The van der Waals surface area contributed by atoms with Crippen molar-refractivity contribution in [1.29, 1.82) is 0 Å². The van der Waals surface area contributed by atoms with Crippen molar-refractivity contribution in [3.63, 3.8) is 0 Å². The number of phenolic OH excluding ortho intramolecular Hbond substituents is 1. The van der Waals surface area contributed by atoms with Crippen LogP contribution in [0.2, 0.25) is 0 Å². The molecule has 1 fully saturated rings. The molecule has 0 amide bonds. The Labute approximate surface area is 232 Å². The van der Waals surface area contributed by atoms with E-state index in [1.807, 2.05) is 27.7 Å². The van der Waals surface area contributed by atoms with Crippen molar-refractivity contribution in [2.45, 2.75) is 87.2 Å². The van der Waals surface area contributed by atoms with Crippen LogP contribution in [0, 0.1) is 0 Å². The number of nitrogens with zero attached hydrogens (tertiary/aromatic N) is 2. The molecule has 1 aromatic rings. The summed E-state index contributed by atoms with van der Waals surface area (Å²) in [5.74, 6) is -0.00941. The van der Waals surface area contributed by atoms with Crippen LogP contribution in [-0.4, -0.2) is 54.0 Å². The van der Waals surface area contributed by atoms with Gasteiger partial charge < -0.3 is 15.6 Å². The second kappa shape index (κ2) is 20.0. The molecular formula is C30H48F3N3O3. The molecule has 2 rings (SSSR count). The van der Waals surface area contributed by atoms with Crippen LogP contribution >= 0.6 is 0 Å². The Bertz CT molecular complexity index is 987. The predicted octanol–water partition coefficient (Wildman–Crippen LogP) is 7.10. The van der Waals surface area contributed by atoms with Gasteiger partial charge in [0.05, 0.1) is 17.8 Å². The summed E-state index contributed by atoms with van der Waals surface area (Å²) in [5.41, 5.74) is 7.91. The number of rotatable bonds is 6. The highest BCUT2D eigenvalue weighted by atomic mass is 19.4. The van der Waals surface area contributed by atoms with Crippen LogP contribution in [0.1, 0.15) is 92.2 Å². The minimum atomic E-state index is -4.50. The van der Waals surface area contributed by atoms with Crippen LogP contribution in [0.5, 0.6) is 5.75 Å². The lowest BCUT2D eigenvalue weighted by atomic mass is 9.99. The topological polar surface area (TPSA) is 96.0 Å². The molecule has 39 heavy (non-hydrogen) atoms. The molecular weight excluding hydrogens is 507 g/mol. The number of hydrogen-bond donors (Lipinski definition) is 2. The van der Waals surface area contributed by atoms with Crippen LogP contribution in [0.25, 0.3) is 0 Å². The van der Waals surface area contributed by atoms with E-state index in [0.717, 1.165) is 31.1 Å². The average Bonchev–Trinajstić information content (AvgIpc) is 2.85. The lowest BCUT2D eigenvalue weighted by Crippen LogP contribution is -2.33. The zero-order chi connectivity index (χ0) is 30.8. The van der Waals surface area contributed by atoms with E-state index in [2.05, 4.69) is 9.89 Å². The SMILES string of the molecule is CC.CC(=O)CN1CCCCC1.CC(C)=O.CC/C(C)=C(N)/C=C(/C)C(=NC)c1ccc(C(F)(F)F)cc1O. The van der Waals surface area contributed by atoms with Crippen LogP contribution in [0.4, 0.5) is 13.2 Å². The van der Waals surface area contributed by atoms with E-state index in [4.69, 9.17) is 5.73 Å². The lowest BCUT2D eigenvalue weighted by Gasteiger charge is -2.24. The van der Waals surface area contributed by atoms with Crippen molar-refractivity contribution in [1.82, 2.24) is 4.90 Å². The fourth-order valence-electron chi connectivity index (χ4n) is 3.48. The van der Waals surface area contributed by atoms with Gasteiger partial charge >= 0.3 is 6.18 Å². The number of piperidine rings is 1. The van der Waals surface area contributed by atoms with E-state index < -0.39 is 17.5 Å². The first kappa shape index (κ1) is 38.2. The van der Waals surface area contributed by atoms with E-state index in [1.165, 1.54) is 46.2 Å². The van der Waals surface area contributed by atoms with E-state index in [1.54, 1.807) is 19.9 Å². The van der Waals surface area contributed by atoms with Gasteiger partial charge in [0.25, 0.3) is 0 Å². The molecule has 0 bridgehead atoms. The van der Waals surface area contributed by atoms with E-state index in [-0.39, 0.29) is 11.3 Å². The van der Waals surface area contributed by atoms with Gasteiger partial charge in [0.1, 0.15) is 17.3 Å². The number of aromatic hydroxyl groups is 1. The van der Waals surface area contributed by atoms with E-state index >= 15 is 0 Å². The van der Waals surface area contributed by atoms with Gasteiger partial charge in [0.15, 0.2) is 0 Å². The average molecular weight is 556 g/mol. The number of likely N-dealkylation sites (tertiary alicyclic amines) is 1. The zero-order valence-electron chi connectivity index (χ0n) is 25.1. The Hall–Kier alpha value is -2.94. The normalized spacial score (nSPS) is 14.9. The smallest absolute Gasteiger partial charge is 0.416 e. The van der Waals surface area contributed by atoms with Gasteiger partial charge in [0, 0.05) is 18.3 Å². The van der Waals surface area contributed by atoms with E-state index in [9.17, 15) is 27.9 Å². The molecule has 0 radical (unpaired) electrons. The van der Waals surface area contributed by atoms with Gasteiger partial charge in [0.2, 0.25) is 0 Å². The molecule has 1 aromatic carbocycles. The predicted molar refractivity (Wildman–Crippen MR) is 155 cm³/mol. The fourth-order valence-corrected chi connectivity index (χ4v) is 3.48. The van der Waals surface area contributed by atoms with Crippen molar-refractivity contribution in [3.05, 3.63) is 52.2 Å². The highest BCUT2D eigenvalue weighted by Crippen LogP contribution is 2.33. The molecule has 0 spiro atoms. The Morgan fingerprint density at radius 2 is 1.56 bits per heavy atom. The molecule has 6 nitrogen and oxygen atoms in total. The summed E-state index contributed by atoms with van der Waals surface area (Å²) in [6.07, 6.45) is 1.88. The summed E-state index contributed by atoms with van der Waals surface area (Å²) in [7, 11) is 1.51. The molecule has 9 heteroatoms. The van der Waals surface area contributed by atoms with Crippen molar-refractivity contribution in [3.8, 4) is 5.75 Å². The maximum absolute atomic E-state index is 12.7. The number of ketones is 2. The molecule has 222 valence electrons. The monoisotopic (exact) mass is 555 g/mol. The third kappa shape index (κ3) is 16.6. The molecule has 3 N–H and O–H groups in total. The number of allylic oxidation sites excluding steroid dienone is 3. The van der Waals surface area contributed by atoms with Crippen LogP contribution < -0.4 is 5.73 Å². The summed E-state index contributed by atoms with van der Waals surface area (Å²) in [5, 5.41) is 9.94. The molecule has 0 aliphatic carbocycles. The number of Topliss-reactive ketones (excluding diaryl/α,β-unsaturated/α-hetero) is 2. The van der Waals surface area contributed by atoms with Gasteiger partial charge in [-0.2, -0.15) is 13.2 Å². The summed E-state index contributed by atoms with van der Waals surface area (Å²) in [6, 6.07) is 2.83. The number of halogens is 3. The summed E-state index contributed by atoms with van der Waals surface area (Å²) >= 11 is 0. The highest BCUT2D eigenvalue weighted by Gasteiger charge is 2.31. The van der Waals surface area contributed by atoms with Crippen molar-refractivity contribution in [2.75, 3.05) is 26.7 Å². The van der Waals surface area contributed by atoms with Crippen LogP contribution in [0.15, 0.2) is 46.1 Å². The van der Waals surface area contributed by atoms with Gasteiger partial charge in [-0.3, -0.25) is 14.7 Å².